The molecule has 1 fully saturated rings. The first-order chi connectivity index (χ1) is 7.35. The minimum atomic E-state index is 0.438. The number of anilines is 1. The van der Waals surface area contributed by atoms with E-state index in [2.05, 4.69) is 9.88 Å². The summed E-state index contributed by atoms with van der Waals surface area (Å²) in [6.07, 6.45) is 4.11. The van der Waals surface area contributed by atoms with Gasteiger partial charge in [-0.1, -0.05) is 0 Å². The van der Waals surface area contributed by atoms with Gasteiger partial charge in [-0.05, 0) is 25.0 Å². The molecule has 1 saturated heterocycles. The summed E-state index contributed by atoms with van der Waals surface area (Å²) in [5, 5.41) is 0. The van der Waals surface area contributed by atoms with Gasteiger partial charge in [0.05, 0.1) is 13.3 Å². The Morgan fingerprint density at radius 2 is 2.47 bits per heavy atom. The van der Waals surface area contributed by atoms with E-state index < -0.39 is 0 Å². The Labute approximate surface area is 95.0 Å². The summed E-state index contributed by atoms with van der Waals surface area (Å²) in [7, 11) is 1.65. The SMILES string of the molecule is COc1ccc(N2CCCC2CCl)nc1. The Morgan fingerprint density at radius 1 is 1.60 bits per heavy atom. The maximum Gasteiger partial charge on any atom is 0.137 e. The molecule has 2 heterocycles. The summed E-state index contributed by atoms with van der Waals surface area (Å²) in [6.45, 7) is 1.05. The highest BCUT2D eigenvalue weighted by atomic mass is 35.5. The van der Waals surface area contributed by atoms with Crippen LogP contribution >= 0.6 is 11.6 Å². The van der Waals surface area contributed by atoms with Crippen LogP contribution in [0, 0.1) is 0 Å². The molecule has 0 spiro atoms. The number of rotatable bonds is 3. The van der Waals surface area contributed by atoms with Crippen LogP contribution in [0.25, 0.3) is 0 Å². The van der Waals surface area contributed by atoms with Crippen LogP contribution in [0.1, 0.15) is 12.8 Å². The summed E-state index contributed by atoms with van der Waals surface area (Å²) in [5.41, 5.74) is 0. The van der Waals surface area contributed by atoms with Gasteiger partial charge in [-0.25, -0.2) is 4.98 Å². The Morgan fingerprint density at radius 3 is 3.07 bits per heavy atom. The number of hydrogen-bond donors (Lipinski definition) is 0. The van der Waals surface area contributed by atoms with E-state index in [4.69, 9.17) is 16.3 Å². The highest BCUT2D eigenvalue weighted by molar-refractivity contribution is 6.18. The molecular formula is C11H15ClN2O. The zero-order valence-corrected chi connectivity index (χ0v) is 9.57. The van der Waals surface area contributed by atoms with Gasteiger partial charge in [0.2, 0.25) is 0 Å². The Hall–Kier alpha value is -0.960. The summed E-state index contributed by atoms with van der Waals surface area (Å²) in [6, 6.07) is 4.36. The fourth-order valence-corrected chi connectivity index (χ4v) is 2.28. The molecule has 1 aromatic heterocycles. The third-order valence-corrected chi connectivity index (χ3v) is 3.16. The number of pyridine rings is 1. The highest BCUT2D eigenvalue weighted by Crippen LogP contribution is 2.25. The van der Waals surface area contributed by atoms with Crippen molar-refractivity contribution in [2.24, 2.45) is 0 Å². The van der Waals surface area contributed by atoms with Crippen molar-refractivity contribution in [1.82, 2.24) is 4.98 Å². The van der Waals surface area contributed by atoms with Gasteiger partial charge >= 0.3 is 0 Å². The van der Waals surface area contributed by atoms with Crippen LogP contribution in [-0.4, -0.2) is 30.6 Å². The topological polar surface area (TPSA) is 25.4 Å². The number of methoxy groups -OCH3 is 1. The first-order valence-corrected chi connectivity index (χ1v) is 5.71. The number of halogens is 1. The molecule has 4 heteroatoms. The molecule has 1 atom stereocenters. The Balaban J connectivity index is 2.14. The predicted molar refractivity (Wildman–Crippen MR) is 61.9 cm³/mol. The lowest BCUT2D eigenvalue weighted by molar-refractivity contribution is 0.413. The van der Waals surface area contributed by atoms with Crippen LogP contribution in [-0.2, 0) is 0 Å². The molecule has 1 unspecified atom stereocenters. The normalized spacial score (nSPS) is 20.7. The minimum Gasteiger partial charge on any atom is -0.495 e. The van der Waals surface area contributed by atoms with Gasteiger partial charge in [0.1, 0.15) is 11.6 Å². The van der Waals surface area contributed by atoms with Crippen molar-refractivity contribution in [3.63, 3.8) is 0 Å². The number of alkyl halides is 1. The van der Waals surface area contributed by atoms with E-state index in [-0.39, 0.29) is 0 Å². The molecule has 0 aliphatic carbocycles. The van der Waals surface area contributed by atoms with E-state index in [0.29, 0.717) is 11.9 Å². The fourth-order valence-electron chi connectivity index (χ4n) is 1.96. The molecule has 1 aliphatic heterocycles. The molecule has 2 rings (SSSR count). The largest absolute Gasteiger partial charge is 0.495 e. The third-order valence-electron chi connectivity index (χ3n) is 2.81. The van der Waals surface area contributed by atoms with Gasteiger partial charge in [0, 0.05) is 18.5 Å². The molecule has 0 aromatic carbocycles. The van der Waals surface area contributed by atoms with Crippen molar-refractivity contribution in [2.45, 2.75) is 18.9 Å². The zero-order valence-electron chi connectivity index (χ0n) is 8.82. The molecule has 3 nitrogen and oxygen atoms in total. The van der Waals surface area contributed by atoms with Crippen LogP contribution in [0.3, 0.4) is 0 Å². The van der Waals surface area contributed by atoms with Crippen molar-refractivity contribution < 1.29 is 4.74 Å². The average molecular weight is 227 g/mol. The molecular weight excluding hydrogens is 212 g/mol. The summed E-state index contributed by atoms with van der Waals surface area (Å²) < 4.78 is 5.08. The van der Waals surface area contributed by atoms with Gasteiger partial charge in [-0.15, -0.1) is 11.6 Å². The molecule has 15 heavy (non-hydrogen) atoms. The minimum absolute atomic E-state index is 0.438. The molecule has 0 amide bonds. The lowest BCUT2D eigenvalue weighted by Gasteiger charge is -2.23. The third kappa shape index (κ3) is 2.17. The lowest BCUT2D eigenvalue weighted by Crippen LogP contribution is -2.31. The van der Waals surface area contributed by atoms with Gasteiger partial charge in [-0.3, -0.25) is 0 Å². The van der Waals surface area contributed by atoms with E-state index in [1.54, 1.807) is 13.3 Å². The Kier molecular flexibility index (Phi) is 3.31. The summed E-state index contributed by atoms with van der Waals surface area (Å²) in [4.78, 5) is 6.64. The van der Waals surface area contributed by atoms with Gasteiger partial charge in [0.25, 0.3) is 0 Å². The second kappa shape index (κ2) is 4.71. The highest BCUT2D eigenvalue weighted by Gasteiger charge is 2.24. The lowest BCUT2D eigenvalue weighted by atomic mass is 10.2. The van der Waals surface area contributed by atoms with E-state index >= 15 is 0 Å². The van der Waals surface area contributed by atoms with Crippen LogP contribution in [0.2, 0.25) is 0 Å². The summed E-state index contributed by atoms with van der Waals surface area (Å²) >= 11 is 5.92. The van der Waals surface area contributed by atoms with Crippen molar-refractivity contribution in [3.05, 3.63) is 18.3 Å². The smallest absolute Gasteiger partial charge is 0.137 e. The fraction of sp³-hybridized carbons (Fsp3) is 0.545. The number of nitrogens with zero attached hydrogens (tertiary/aromatic N) is 2. The van der Waals surface area contributed by atoms with Crippen LogP contribution < -0.4 is 9.64 Å². The van der Waals surface area contributed by atoms with E-state index in [9.17, 15) is 0 Å². The monoisotopic (exact) mass is 226 g/mol. The second-order valence-corrected chi connectivity index (χ2v) is 4.01. The first-order valence-electron chi connectivity index (χ1n) is 5.18. The van der Waals surface area contributed by atoms with Crippen LogP contribution in [0.15, 0.2) is 18.3 Å². The zero-order chi connectivity index (χ0) is 10.7. The number of aromatic nitrogens is 1. The predicted octanol–water partition coefficient (Wildman–Crippen LogP) is 2.30. The van der Waals surface area contributed by atoms with E-state index in [0.717, 1.165) is 24.5 Å². The Bertz CT molecular complexity index is 315. The standard InChI is InChI=1S/C11H15ClN2O/c1-15-10-4-5-11(13-8-10)14-6-2-3-9(14)7-12/h4-5,8-9H,2-3,6-7H2,1H3. The van der Waals surface area contributed by atoms with Gasteiger partial charge in [0.15, 0.2) is 0 Å². The molecule has 1 aromatic rings. The van der Waals surface area contributed by atoms with E-state index in [1.165, 1.54) is 6.42 Å². The molecule has 1 aliphatic rings. The maximum absolute atomic E-state index is 5.92. The van der Waals surface area contributed by atoms with Crippen LogP contribution in [0.5, 0.6) is 5.75 Å². The summed E-state index contributed by atoms with van der Waals surface area (Å²) in [5.74, 6) is 2.47. The molecule has 0 radical (unpaired) electrons. The van der Waals surface area contributed by atoms with Crippen molar-refractivity contribution >= 4 is 17.4 Å². The van der Waals surface area contributed by atoms with Crippen molar-refractivity contribution in [3.8, 4) is 5.75 Å². The second-order valence-electron chi connectivity index (χ2n) is 3.70. The van der Waals surface area contributed by atoms with Crippen molar-refractivity contribution in [2.75, 3.05) is 24.4 Å². The quantitative estimate of drug-likeness (QED) is 0.740. The van der Waals surface area contributed by atoms with Gasteiger partial charge in [-0.2, -0.15) is 0 Å². The molecule has 0 N–H and O–H groups in total. The van der Waals surface area contributed by atoms with Crippen molar-refractivity contribution in [1.29, 1.82) is 0 Å². The molecule has 82 valence electrons. The van der Waals surface area contributed by atoms with Gasteiger partial charge < -0.3 is 9.64 Å². The maximum atomic E-state index is 5.92. The molecule has 0 bridgehead atoms. The molecule has 0 saturated carbocycles. The van der Waals surface area contributed by atoms with E-state index in [1.807, 2.05) is 12.1 Å². The number of hydrogen-bond acceptors (Lipinski definition) is 3. The first kappa shape index (κ1) is 10.6. The average Bonchev–Trinajstić information content (AvgIpc) is 2.77. The van der Waals surface area contributed by atoms with Crippen LogP contribution in [0.4, 0.5) is 5.82 Å². The number of ether oxygens (including phenoxy) is 1.